The maximum atomic E-state index is 11.6. The van der Waals surface area contributed by atoms with Gasteiger partial charge in [-0.1, -0.05) is 31.2 Å². The summed E-state index contributed by atoms with van der Waals surface area (Å²) in [4.78, 5) is 18.1. The van der Waals surface area contributed by atoms with Crippen LogP contribution < -0.4 is 0 Å². The van der Waals surface area contributed by atoms with Crippen LogP contribution in [-0.2, 0) is 30.7 Å². The van der Waals surface area contributed by atoms with Gasteiger partial charge in [0.1, 0.15) is 6.04 Å². The van der Waals surface area contributed by atoms with Gasteiger partial charge >= 0.3 is 5.97 Å². The molecule has 5 heteroatoms. The number of aromatic nitrogens is 1. The lowest BCUT2D eigenvalue weighted by molar-refractivity contribution is -0.144. The minimum absolute atomic E-state index is 0.466. The Kier molecular flexibility index (Phi) is 4.03. The molecule has 1 aliphatic rings. The number of nitrogens with zero attached hydrogens (tertiary/aromatic N) is 2. The number of carboxylic acid groups (broad SMARTS) is 1. The molecule has 2 heterocycles. The summed E-state index contributed by atoms with van der Waals surface area (Å²) in [7, 11) is 0. The molecule has 0 spiro atoms. The van der Waals surface area contributed by atoms with Crippen molar-refractivity contribution in [2.45, 2.75) is 38.9 Å². The Morgan fingerprint density at radius 2 is 2.19 bits per heavy atom. The fraction of sp³-hybridized carbons (Fsp3) is 0.375. The van der Waals surface area contributed by atoms with Crippen molar-refractivity contribution in [3.63, 3.8) is 0 Å². The van der Waals surface area contributed by atoms with Gasteiger partial charge in [-0.25, -0.2) is 4.98 Å². The molecule has 1 N–H and O–H groups in total. The number of carbonyl (C=O) groups is 1. The molecule has 0 unspecified atom stereocenters. The molecule has 110 valence electrons. The van der Waals surface area contributed by atoms with Gasteiger partial charge in [0.25, 0.3) is 0 Å². The van der Waals surface area contributed by atoms with E-state index in [9.17, 15) is 9.90 Å². The van der Waals surface area contributed by atoms with Crippen LogP contribution in [0.2, 0.25) is 0 Å². The number of benzene rings is 1. The molecule has 0 fully saturated rings. The van der Waals surface area contributed by atoms with E-state index in [1.807, 2.05) is 28.5 Å². The second-order valence-corrected chi connectivity index (χ2v) is 6.26. The Morgan fingerprint density at radius 1 is 1.43 bits per heavy atom. The van der Waals surface area contributed by atoms with Crippen LogP contribution >= 0.6 is 11.3 Å². The fourth-order valence-corrected chi connectivity index (χ4v) is 3.51. The zero-order valence-electron chi connectivity index (χ0n) is 12.0. The molecule has 0 aliphatic carbocycles. The summed E-state index contributed by atoms with van der Waals surface area (Å²) in [6.07, 6.45) is 1.49. The quantitative estimate of drug-likeness (QED) is 0.943. The average Bonchev–Trinajstić information content (AvgIpc) is 2.94. The zero-order valence-corrected chi connectivity index (χ0v) is 12.8. The van der Waals surface area contributed by atoms with Gasteiger partial charge in [0, 0.05) is 18.5 Å². The van der Waals surface area contributed by atoms with Crippen molar-refractivity contribution in [3.05, 3.63) is 51.5 Å². The van der Waals surface area contributed by atoms with Gasteiger partial charge in [0.05, 0.1) is 10.7 Å². The molecule has 1 aliphatic heterocycles. The number of aryl methyl sites for hydroxylation is 1. The van der Waals surface area contributed by atoms with Crippen molar-refractivity contribution in [2.24, 2.45) is 0 Å². The second kappa shape index (κ2) is 5.95. The molecule has 0 saturated carbocycles. The Balaban J connectivity index is 1.83. The number of aliphatic carboxylic acids is 1. The van der Waals surface area contributed by atoms with Crippen molar-refractivity contribution in [1.29, 1.82) is 0 Å². The van der Waals surface area contributed by atoms with Crippen molar-refractivity contribution in [1.82, 2.24) is 9.88 Å². The van der Waals surface area contributed by atoms with Crippen LogP contribution in [0.15, 0.2) is 29.6 Å². The van der Waals surface area contributed by atoms with Gasteiger partial charge in [-0.2, -0.15) is 0 Å². The predicted molar refractivity (Wildman–Crippen MR) is 82.3 cm³/mol. The maximum Gasteiger partial charge on any atom is 0.321 e. The van der Waals surface area contributed by atoms with Crippen LogP contribution in [0.25, 0.3) is 0 Å². The molecule has 4 nitrogen and oxygen atoms in total. The van der Waals surface area contributed by atoms with E-state index in [0.717, 1.165) is 22.7 Å². The van der Waals surface area contributed by atoms with Crippen molar-refractivity contribution in [3.8, 4) is 0 Å². The first kappa shape index (κ1) is 14.2. The highest BCUT2D eigenvalue weighted by Crippen LogP contribution is 2.25. The minimum atomic E-state index is -0.754. The van der Waals surface area contributed by atoms with Crippen molar-refractivity contribution >= 4 is 17.3 Å². The molecule has 0 bridgehead atoms. The van der Waals surface area contributed by atoms with Gasteiger partial charge in [-0.3, -0.25) is 9.69 Å². The number of rotatable bonds is 4. The minimum Gasteiger partial charge on any atom is -0.480 e. The Morgan fingerprint density at radius 3 is 2.86 bits per heavy atom. The number of hydrogen-bond acceptors (Lipinski definition) is 4. The largest absolute Gasteiger partial charge is 0.480 e. The topological polar surface area (TPSA) is 53.4 Å². The number of carboxylic acids is 1. The van der Waals surface area contributed by atoms with E-state index in [1.165, 1.54) is 5.56 Å². The summed E-state index contributed by atoms with van der Waals surface area (Å²) in [5.74, 6) is -0.754. The third-order valence-electron chi connectivity index (χ3n) is 3.90. The molecular formula is C16H18N2O2S. The molecule has 0 radical (unpaired) electrons. The van der Waals surface area contributed by atoms with E-state index >= 15 is 0 Å². The van der Waals surface area contributed by atoms with Gasteiger partial charge in [-0.05, 0) is 24.0 Å². The highest BCUT2D eigenvalue weighted by Gasteiger charge is 2.31. The van der Waals surface area contributed by atoms with E-state index < -0.39 is 12.0 Å². The lowest BCUT2D eigenvalue weighted by Crippen LogP contribution is -2.45. The van der Waals surface area contributed by atoms with E-state index in [2.05, 4.69) is 18.0 Å². The third-order valence-corrected chi connectivity index (χ3v) is 4.94. The Hall–Kier alpha value is -1.72. The molecule has 1 aromatic heterocycles. The van der Waals surface area contributed by atoms with Crippen LogP contribution in [0.1, 0.15) is 28.8 Å². The van der Waals surface area contributed by atoms with E-state index in [0.29, 0.717) is 19.5 Å². The van der Waals surface area contributed by atoms with E-state index in [1.54, 1.807) is 11.3 Å². The average molecular weight is 302 g/mol. The summed E-state index contributed by atoms with van der Waals surface area (Å²) in [6, 6.07) is 7.63. The second-order valence-electron chi connectivity index (χ2n) is 5.32. The summed E-state index contributed by atoms with van der Waals surface area (Å²) in [5, 5.41) is 12.6. The van der Waals surface area contributed by atoms with E-state index in [4.69, 9.17) is 0 Å². The van der Waals surface area contributed by atoms with Crippen molar-refractivity contribution in [2.75, 3.05) is 0 Å². The zero-order chi connectivity index (χ0) is 14.8. The highest BCUT2D eigenvalue weighted by atomic mass is 32.1. The molecule has 0 amide bonds. The fourth-order valence-electron chi connectivity index (χ4n) is 2.78. The molecule has 1 atom stereocenters. The van der Waals surface area contributed by atoms with Crippen LogP contribution in [0.5, 0.6) is 0 Å². The van der Waals surface area contributed by atoms with Gasteiger partial charge < -0.3 is 5.11 Å². The van der Waals surface area contributed by atoms with Crippen LogP contribution in [0.4, 0.5) is 0 Å². The van der Waals surface area contributed by atoms with Gasteiger partial charge in [0.15, 0.2) is 0 Å². The summed E-state index contributed by atoms with van der Waals surface area (Å²) in [6.45, 7) is 3.35. The summed E-state index contributed by atoms with van der Waals surface area (Å²) < 4.78 is 0. The molecular weight excluding hydrogens is 284 g/mol. The molecule has 0 saturated heterocycles. The van der Waals surface area contributed by atoms with Crippen LogP contribution in [-0.4, -0.2) is 27.0 Å². The number of hydrogen-bond donors (Lipinski definition) is 1. The van der Waals surface area contributed by atoms with Crippen LogP contribution in [0, 0.1) is 0 Å². The lowest BCUT2D eigenvalue weighted by Gasteiger charge is -2.33. The predicted octanol–water partition coefficient (Wildman–Crippen LogP) is 2.72. The maximum absolute atomic E-state index is 11.6. The van der Waals surface area contributed by atoms with E-state index in [-0.39, 0.29) is 0 Å². The lowest BCUT2D eigenvalue weighted by atomic mass is 9.94. The Bertz CT molecular complexity index is 653. The van der Waals surface area contributed by atoms with Crippen molar-refractivity contribution < 1.29 is 9.90 Å². The number of thiazole rings is 1. The first-order valence-corrected chi connectivity index (χ1v) is 8.02. The first-order valence-electron chi connectivity index (χ1n) is 7.14. The Labute approximate surface area is 128 Å². The highest BCUT2D eigenvalue weighted by molar-refractivity contribution is 7.09. The molecule has 21 heavy (non-hydrogen) atoms. The normalized spacial score (nSPS) is 18.4. The summed E-state index contributed by atoms with van der Waals surface area (Å²) >= 11 is 1.65. The molecule has 3 rings (SSSR count). The van der Waals surface area contributed by atoms with Gasteiger partial charge in [0.2, 0.25) is 0 Å². The molecule has 1 aromatic carbocycles. The van der Waals surface area contributed by atoms with Crippen LogP contribution in [0.3, 0.4) is 0 Å². The van der Waals surface area contributed by atoms with Gasteiger partial charge in [-0.15, -0.1) is 11.3 Å². The standard InChI is InChI=1S/C16H18N2O2S/c1-2-15-17-13(10-21-15)9-18-8-12-6-4-3-5-11(12)7-14(18)16(19)20/h3-6,10,14H,2,7-9H2,1H3,(H,19,20)/t14-/m0/s1. The smallest absolute Gasteiger partial charge is 0.321 e. The molecule has 2 aromatic rings. The number of fused-ring (bicyclic) bond motifs is 1. The summed E-state index contributed by atoms with van der Waals surface area (Å²) in [5.41, 5.74) is 3.34. The monoisotopic (exact) mass is 302 g/mol. The SMILES string of the molecule is CCc1nc(CN2Cc3ccccc3C[C@H]2C(=O)O)cs1. The third kappa shape index (κ3) is 2.99. The first-order chi connectivity index (χ1) is 10.2.